The molecular formula is C36H31FN2O4. The second-order valence-corrected chi connectivity index (χ2v) is 10.6. The van der Waals surface area contributed by atoms with E-state index in [1.54, 1.807) is 30.3 Å². The van der Waals surface area contributed by atoms with Gasteiger partial charge in [-0.25, -0.2) is 9.18 Å². The van der Waals surface area contributed by atoms with E-state index < -0.39 is 17.9 Å². The number of carbonyl (C=O) groups excluding carboxylic acids is 1. The van der Waals surface area contributed by atoms with Crippen molar-refractivity contribution in [3.05, 3.63) is 132 Å². The number of aliphatic carboxylic acids is 1. The molecule has 0 aliphatic heterocycles. The Labute approximate surface area is 248 Å². The maximum Gasteiger partial charge on any atom is 0.326 e. The zero-order valence-corrected chi connectivity index (χ0v) is 23.4. The molecular weight excluding hydrogens is 543 g/mol. The van der Waals surface area contributed by atoms with Gasteiger partial charge in [0.1, 0.15) is 24.2 Å². The summed E-state index contributed by atoms with van der Waals surface area (Å²) in [6.07, 6.45) is 4.70. The lowest BCUT2D eigenvalue weighted by molar-refractivity contribution is -0.137. The van der Waals surface area contributed by atoms with Gasteiger partial charge in [-0.3, -0.25) is 4.79 Å². The van der Waals surface area contributed by atoms with Crippen LogP contribution in [0.25, 0.3) is 21.8 Å². The number of ketones is 1. The standard InChI is InChI=1S/C36H31FN2O4/c37-26-17-15-25(16-18-26)35(40)30-9-1-4-10-31(30)38-32(36(41)42)23-24-13-19-27(20-14-24)43-22-21-39-33-11-5-2-7-28(33)29-8-3-6-12-34(29)39/h1-15,17-20,25,32,38H,16,21-23H2,(H,41,42). The second-order valence-electron chi connectivity index (χ2n) is 10.6. The number of carbonyl (C=O) groups is 2. The van der Waals surface area contributed by atoms with E-state index >= 15 is 0 Å². The first kappa shape index (κ1) is 28.0. The predicted octanol–water partition coefficient (Wildman–Crippen LogP) is 7.59. The van der Waals surface area contributed by atoms with Crippen LogP contribution < -0.4 is 10.1 Å². The largest absolute Gasteiger partial charge is 0.492 e. The molecule has 0 saturated carbocycles. The van der Waals surface area contributed by atoms with Crippen LogP contribution in [0.1, 0.15) is 22.3 Å². The van der Waals surface area contributed by atoms with Crippen molar-refractivity contribution >= 4 is 39.2 Å². The Morgan fingerprint density at radius 3 is 2.21 bits per heavy atom. The molecule has 4 aromatic carbocycles. The van der Waals surface area contributed by atoms with Crippen molar-refractivity contribution in [3.8, 4) is 5.75 Å². The molecule has 6 rings (SSSR count). The highest BCUT2D eigenvalue weighted by atomic mass is 19.1. The van der Waals surface area contributed by atoms with Gasteiger partial charge in [0.05, 0.1) is 6.54 Å². The van der Waals surface area contributed by atoms with Gasteiger partial charge in [0, 0.05) is 45.4 Å². The number of hydrogen-bond acceptors (Lipinski definition) is 4. The molecule has 1 heterocycles. The van der Waals surface area contributed by atoms with Crippen molar-refractivity contribution in [1.29, 1.82) is 0 Å². The summed E-state index contributed by atoms with van der Waals surface area (Å²) >= 11 is 0. The highest BCUT2D eigenvalue weighted by Crippen LogP contribution is 2.29. The Balaban J connectivity index is 1.10. The van der Waals surface area contributed by atoms with Crippen molar-refractivity contribution in [3.63, 3.8) is 0 Å². The van der Waals surface area contributed by atoms with Crippen molar-refractivity contribution in [2.24, 2.45) is 5.92 Å². The summed E-state index contributed by atoms with van der Waals surface area (Å²) in [7, 11) is 0. The second kappa shape index (κ2) is 12.4. The Morgan fingerprint density at radius 1 is 0.907 bits per heavy atom. The first-order chi connectivity index (χ1) is 21.0. The number of rotatable bonds is 11. The molecule has 1 aromatic heterocycles. The predicted molar refractivity (Wildman–Crippen MR) is 167 cm³/mol. The topological polar surface area (TPSA) is 80.6 Å². The van der Waals surface area contributed by atoms with Gasteiger partial charge in [-0.1, -0.05) is 66.7 Å². The summed E-state index contributed by atoms with van der Waals surface area (Å²) in [4.78, 5) is 25.4. The number of aromatic nitrogens is 1. The van der Waals surface area contributed by atoms with E-state index in [2.05, 4.69) is 46.3 Å². The molecule has 2 atom stereocenters. The van der Waals surface area contributed by atoms with Crippen LogP contribution in [-0.2, 0) is 17.8 Å². The summed E-state index contributed by atoms with van der Waals surface area (Å²) in [6.45, 7) is 1.16. The summed E-state index contributed by atoms with van der Waals surface area (Å²) in [5, 5.41) is 15.5. The molecule has 43 heavy (non-hydrogen) atoms. The van der Waals surface area contributed by atoms with E-state index in [9.17, 15) is 19.1 Å². The normalized spacial score (nSPS) is 15.3. The molecule has 0 amide bonds. The number of nitrogens with one attached hydrogen (secondary N) is 1. The number of hydrogen-bond donors (Lipinski definition) is 2. The number of benzene rings is 4. The van der Waals surface area contributed by atoms with Gasteiger partial charge in [0.25, 0.3) is 0 Å². The van der Waals surface area contributed by atoms with Crippen molar-refractivity contribution in [2.45, 2.75) is 25.4 Å². The third-order valence-corrected chi connectivity index (χ3v) is 7.84. The minimum Gasteiger partial charge on any atom is -0.492 e. The van der Waals surface area contributed by atoms with E-state index in [1.807, 2.05) is 36.4 Å². The number of para-hydroxylation sites is 3. The Kier molecular flexibility index (Phi) is 8.05. The molecule has 0 bridgehead atoms. The zero-order chi connectivity index (χ0) is 29.8. The lowest BCUT2D eigenvalue weighted by Gasteiger charge is -2.20. The molecule has 0 saturated heterocycles. The number of anilines is 1. The smallest absolute Gasteiger partial charge is 0.326 e. The van der Waals surface area contributed by atoms with Crippen LogP contribution in [0, 0.1) is 5.92 Å². The van der Waals surface area contributed by atoms with Crippen molar-refractivity contribution in [1.82, 2.24) is 4.57 Å². The van der Waals surface area contributed by atoms with E-state index in [-0.39, 0.29) is 24.5 Å². The summed E-state index contributed by atoms with van der Waals surface area (Å²) in [6, 6.07) is 30.0. The van der Waals surface area contributed by atoms with Gasteiger partial charge in [-0.05, 0) is 60.5 Å². The van der Waals surface area contributed by atoms with E-state index in [0.29, 0.717) is 30.2 Å². The third kappa shape index (κ3) is 6.06. The third-order valence-electron chi connectivity index (χ3n) is 7.84. The van der Waals surface area contributed by atoms with Crippen LogP contribution in [0.4, 0.5) is 10.1 Å². The van der Waals surface area contributed by atoms with E-state index in [0.717, 1.165) is 5.56 Å². The summed E-state index contributed by atoms with van der Waals surface area (Å²) in [5.74, 6) is -1.37. The van der Waals surface area contributed by atoms with Crippen molar-refractivity contribution in [2.75, 3.05) is 11.9 Å². The molecule has 5 aromatic rings. The lowest BCUT2D eigenvalue weighted by Crippen LogP contribution is -2.32. The molecule has 216 valence electrons. The molecule has 0 fully saturated rings. The number of nitrogens with zero attached hydrogens (tertiary/aromatic N) is 1. The fraction of sp³-hybridized carbons (Fsp3) is 0.167. The maximum atomic E-state index is 13.4. The van der Waals surface area contributed by atoms with Gasteiger partial charge in [0.15, 0.2) is 5.78 Å². The number of fused-ring (bicyclic) bond motifs is 3. The molecule has 2 N–H and O–H groups in total. The fourth-order valence-electron chi connectivity index (χ4n) is 5.66. The summed E-state index contributed by atoms with van der Waals surface area (Å²) in [5.41, 5.74) is 3.96. The van der Waals surface area contributed by atoms with Crippen LogP contribution in [0.5, 0.6) is 5.75 Å². The average Bonchev–Trinajstić information content (AvgIpc) is 3.35. The molecule has 2 unspecified atom stereocenters. The highest BCUT2D eigenvalue weighted by Gasteiger charge is 2.24. The molecule has 0 spiro atoms. The highest BCUT2D eigenvalue weighted by molar-refractivity contribution is 6.08. The number of halogens is 1. The maximum absolute atomic E-state index is 13.4. The molecule has 1 aliphatic carbocycles. The Bertz CT molecular complexity index is 1800. The molecule has 1 aliphatic rings. The van der Waals surface area contributed by atoms with Gasteiger partial charge in [0.2, 0.25) is 0 Å². The van der Waals surface area contributed by atoms with Gasteiger partial charge < -0.3 is 19.7 Å². The van der Waals surface area contributed by atoms with Crippen LogP contribution in [0.3, 0.4) is 0 Å². The minimum absolute atomic E-state index is 0.186. The Hall–Kier alpha value is -5.17. The minimum atomic E-state index is -1.03. The van der Waals surface area contributed by atoms with Gasteiger partial charge in [-0.2, -0.15) is 0 Å². The van der Waals surface area contributed by atoms with Crippen LogP contribution in [0.15, 0.2) is 121 Å². The van der Waals surface area contributed by atoms with E-state index in [4.69, 9.17) is 4.74 Å². The first-order valence-corrected chi connectivity index (χ1v) is 14.3. The van der Waals surface area contributed by atoms with Gasteiger partial charge >= 0.3 is 5.97 Å². The molecule has 6 nitrogen and oxygen atoms in total. The van der Waals surface area contributed by atoms with Crippen molar-refractivity contribution < 1.29 is 23.8 Å². The number of carboxylic acid groups (broad SMARTS) is 1. The number of carboxylic acids is 1. The van der Waals surface area contributed by atoms with E-state index in [1.165, 1.54) is 34.0 Å². The molecule has 0 radical (unpaired) electrons. The quantitative estimate of drug-likeness (QED) is 0.159. The number of allylic oxidation sites excluding steroid dienone is 4. The monoisotopic (exact) mass is 574 g/mol. The average molecular weight is 575 g/mol. The van der Waals surface area contributed by atoms with Gasteiger partial charge in [-0.15, -0.1) is 0 Å². The zero-order valence-electron chi connectivity index (χ0n) is 23.4. The number of Topliss-reactive ketones (excluding diaryl/α,β-unsaturated/α-hetero) is 1. The van der Waals surface area contributed by atoms with Crippen LogP contribution in [-0.4, -0.2) is 34.1 Å². The lowest BCUT2D eigenvalue weighted by atomic mass is 9.90. The number of ether oxygens (including phenoxy) is 1. The first-order valence-electron chi connectivity index (χ1n) is 14.3. The van der Waals surface area contributed by atoms with Crippen LogP contribution in [0.2, 0.25) is 0 Å². The summed E-state index contributed by atoms with van der Waals surface area (Å²) < 4.78 is 21.7. The Morgan fingerprint density at radius 2 is 1.56 bits per heavy atom. The van der Waals surface area contributed by atoms with Crippen LogP contribution >= 0.6 is 0 Å². The molecule has 7 heteroatoms. The fourth-order valence-corrected chi connectivity index (χ4v) is 5.66. The SMILES string of the molecule is O=C(c1ccccc1NC(Cc1ccc(OCCn2c3ccccc3c3ccccc32)cc1)C(=O)O)C1C=CC(F)=CC1.